The van der Waals surface area contributed by atoms with E-state index in [2.05, 4.69) is 29.7 Å². The van der Waals surface area contributed by atoms with E-state index in [9.17, 15) is 0 Å². The fraction of sp³-hybridized carbons (Fsp3) is 0.294. The summed E-state index contributed by atoms with van der Waals surface area (Å²) < 4.78 is 11.1. The van der Waals surface area contributed by atoms with Crippen molar-refractivity contribution in [3.8, 4) is 11.5 Å². The summed E-state index contributed by atoms with van der Waals surface area (Å²) in [4.78, 5) is 0. The number of nitrogens with one attached hydrogen (secondary N) is 1. The van der Waals surface area contributed by atoms with Gasteiger partial charge in [0.25, 0.3) is 0 Å². The number of para-hydroxylation sites is 1. The minimum atomic E-state index is -0.0948. The van der Waals surface area contributed by atoms with Crippen molar-refractivity contribution in [2.75, 3.05) is 13.7 Å². The maximum absolute atomic E-state index is 5.81. The first-order valence-corrected chi connectivity index (χ1v) is 7.10. The van der Waals surface area contributed by atoms with Gasteiger partial charge in [-0.25, -0.2) is 5.43 Å². The first-order valence-electron chi connectivity index (χ1n) is 7.10. The molecular weight excluding hydrogens is 264 g/mol. The summed E-state index contributed by atoms with van der Waals surface area (Å²) in [5.74, 6) is 7.66. The van der Waals surface area contributed by atoms with E-state index in [-0.39, 0.29) is 6.04 Å². The second-order valence-corrected chi connectivity index (χ2v) is 5.26. The van der Waals surface area contributed by atoms with Crippen molar-refractivity contribution >= 4 is 0 Å². The highest BCUT2D eigenvalue weighted by molar-refractivity contribution is 5.50. The van der Waals surface area contributed by atoms with Crippen molar-refractivity contribution in [2.45, 2.75) is 19.4 Å². The van der Waals surface area contributed by atoms with Crippen LogP contribution in [0.4, 0.5) is 0 Å². The molecule has 21 heavy (non-hydrogen) atoms. The highest BCUT2D eigenvalue weighted by Crippen LogP contribution is 2.36. The van der Waals surface area contributed by atoms with Gasteiger partial charge >= 0.3 is 0 Å². The van der Waals surface area contributed by atoms with Crippen LogP contribution in [-0.4, -0.2) is 13.7 Å². The van der Waals surface area contributed by atoms with Crippen LogP contribution < -0.4 is 20.7 Å². The molecule has 0 aliphatic carbocycles. The standard InChI is InChI=1S/C17H20N2O2/c1-11-10-13(6-7-15(11)20-2)16(19-18)14-5-3-4-12-8-9-21-17(12)14/h3-7,10,16,19H,8-9,18H2,1-2H3. The monoisotopic (exact) mass is 284 g/mol. The minimum Gasteiger partial charge on any atom is -0.496 e. The molecule has 0 bridgehead atoms. The topological polar surface area (TPSA) is 56.5 Å². The summed E-state index contributed by atoms with van der Waals surface area (Å²) in [5.41, 5.74) is 7.42. The second kappa shape index (κ2) is 5.76. The Morgan fingerprint density at radius 2 is 2.14 bits per heavy atom. The SMILES string of the molecule is COc1ccc(C(NN)c2cccc3c2OCC3)cc1C. The average Bonchev–Trinajstić information content (AvgIpc) is 2.97. The summed E-state index contributed by atoms with van der Waals surface area (Å²) in [5, 5.41) is 0. The van der Waals surface area contributed by atoms with E-state index in [1.807, 2.05) is 19.1 Å². The highest BCUT2D eigenvalue weighted by atomic mass is 16.5. The molecule has 1 atom stereocenters. The number of hydrogen-bond acceptors (Lipinski definition) is 4. The lowest BCUT2D eigenvalue weighted by Crippen LogP contribution is -2.29. The van der Waals surface area contributed by atoms with Crippen molar-refractivity contribution in [3.05, 3.63) is 58.7 Å². The van der Waals surface area contributed by atoms with Crippen LogP contribution >= 0.6 is 0 Å². The molecular formula is C17H20N2O2. The van der Waals surface area contributed by atoms with Gasteiger partial charge in [-0.15, -0.1) is 0 Å². The molecule has 0 saturated carbocycles. The molecule has 1 aliphatic heterocycles. The quantitative estimate of drug-likeness (QED) is 0.669. The van der Waals surface area contributed by atoms with E-state index >= 15 is 0 Å². The number of hydrazine groups is 1. The zero-order valence-electron chi connectivity index (χ0n) is 12.3. The molecule has 1 unspecified atom stereocenters. The zero-order chi connectivity index (χ0) is 14.8. The predicted octanol–water partition coefficient (Wildman–Crippen LogP) is 2.49. The second-order valence-electron chi connectivity index (χ2n) is 5.26. The molecule has 4 heteroatoms. The lowest BCUT2D eigenvalue weighted by molar-refractivity contribution is 0.350. The lowest BCUT2D eigenvalue weighted by atomic mass is 9.95. The third kappa shape index (κ3) is 2.48. The molecule has 0 saturated heterocycles. The Labute approximate surface area is 124 Å². The maximum atomic E-state index is 5.81. The van der Waals surface area contributed by atoms with Crippen LogP contribution in [0.2, 0.25) is 0 Å². The number of nitrogens with two attached hydrogens (primary N) is 1. The van der Waals surface area contributed by atoms with Gasteiger partial charge in [0.1, 0.15) is 11.5 Å². The molecule has 2 aromatic carbocycles. The lowest BCUT2D eigenvalue weighted by Gasteiger charge is -2.20. The van der Waals surface area contributed by atoms with Crippen LogP contribution in [0.1, 0.15) is 28.3 Å². The van der Waals surface area contributed by atoms with Gasteiger partial charge in [0.05, 0.1) is 19.8 Å². The van der Waals surface area contributed by atoms with Gasteiger partial charge in [0.2, 0.25) is 0 Å². The highest BCUT2D eigenvalue weighted by Gasteiger charge is 2.23. The first-order chi connectivity index (χ1) is 10.2. The fourth-order valence-corrected chi connectivity index (χ4v) is 2.91. The molecule has 0 amide bonds. The third-order valence-electron chi connectivity index (χ3n) is 3.97. The van der Waals surface area contributed by atoms with Gasteiger partial charge in [-0.2, -0.15) is 0 Å². The Morgan fingerprint density at radius 3 is 2.86 bits per heavy atom. The Bertz CT molecular complexity index is 655. The van der Waals surface area contributed by atoms with Crippen LogP contribution in [0.5, 0.6) is 11.5 Å². The molecule has 1 heterocycles. The van der Waals surface area contributed by atoms with E-state index in [1.165, 1.54) is 5.56 Å². The zero-order valence-corrected chi connectivity index (χ0v) is 12.3. The van der Waals surface area contributed by atoms with E-state index in [4.69, 9.17) is 15.3 Å². The summed E-state index contributed by atoms with van der Waals surface area (Å²) in [6.45, 7) is 2.77. The van der Waals surface area contributed by atoms with Crippen LogP contribution in [-0.2, 0) is 6.42 Å². The smallest absolute Gasteiger partial charge is 0.127 e. The molecule has 0 radical (unpaired) electrons. The Morgan fingerprint density at radius 1 is 1.29 bits per heavy atom. The Hall–Kier alpha value is -2.04. The van der Waals surface area contributed by atoms with Gasteiger partial charge in [0, 0.05) is 12.0 Å². The molecule has 1 aliphatic rings. The van der Waals surface area contributed by atoms with Crippen molar-refractivity contribution in [3.63, 3.8) is 0 Å². The van der Waals surface area contributed by atoms with E-state index in [0.717, 1.165) is 41.2 Å². The van der Waals surface area contributed by atoms with Crippen LogP contribution in [0.25, 0.3) is 0 Å². The number of fused-ring (bicyclic) bond motifs is 1. The van der Waals surface area contributed by atoms with Gasteiger partial charge in [0.15, 0.2) is 0 Å². The molecule has 3 N–H and O–H groups in total. The van der Waals surface area contributed by atoms with Crippen molar-refractivity contribution < 1.29 is 9.47 Å². The fourth-order valence-electron chi connectivity index (χ4n) is 2.91. The summed E-state index contributed by atoms with van der Waals surface area (Å²) in [7, 11) is 1.68. The molecule has 4 nitrogen and oxygen atoms in total. The number of benzene rings is 2. The number of hydrogen-bond donors (Lipinski definition) is 2. The number of ether oxygens (including phenoxy) is 2. The van der Waals surface area contributed by atoms with Gasteiger partial charge in [-0.1, -0.05) is 30.3 Å². The van der Waals surface area contributed by atoms with Crippen LogP contribution in [0.15, 0.2) is 36.4 Å². The maximum Gasteiger partial charge on any atom is 0.127 e. The summed E-state index contributed by atoms with van der Waals surface area (Å²) in [6, 6.07) is 12.2. The average molecular weight is 284 g/mol. The number of aryl methyl sites for hydroxylation is 1. The normalized spacial score (nSPS) is 14.4. The van der Waals surface area contributed by atoms with Crippen LogP contribution in [0.3, 0.4) is 0 Å². The van der Waals surface area contributed by atoms with Gasteiger partial charge < -0.3 is 9.47 Å². The predicted molar refractivity (Wildman–Crippen MR) is 82.5 cm³/mol. The Kier molecular flexibility index (Phi) is 3.82. The van der Waals surface area contributed by atoms with Crippen molar-refractivity contribution in [1.82, 2.24) is 5.43 Å². The molecule has 0 aromatic heterocycles. The molecule has 0 spiro atoms. The largest absolute Gasteiger partial charge is 0.496 e. The summed E-state index contributed by atoms with van der Waals surface area (Å²) >= 11 is 0. The van der Waals surface area contributed by atoms with Crippen molar-refractivity contribution in [2.24, 2.45) is 5.84 Å². The molecule has 2 aromatic rings. The minimum absolute atomic E-state index is 0.0948. The van der Waals surface area contributed by atoms with Crippen LogP contribution in [0, 0.1) is 6.92 Å². The van der Waals surface area contributed by atoms with E-state index in [0.29, 0.717) is 0 Å². The molecule has 0 fully saturated rings. The summed E-state index contributed by atoms with van der Waals surface area (Å²) in [6.07, 6.45) is 0.960. The molecule has 3 rings (SSSR count). The Balaban J connectivity index is 2.03. The van der Waals surface area contributed by atoms with Crippen molar-refractivity contribution in [1.29, 1.82) is 0 Å². The van der Waals surface area contributed by atoms with Gasteiger partial charge in [-0.05, 0) is 29.7 Å². The van der Waals surface area contributed by atoms with Gasteiger partial charge in [-0.3, -0.25) is 5.84 Å². The third-order valence-corrected chi connectivity index (χ3v) is 3.97. The number of methoxy groups -OCH3 is 1. The first kappa shape index (κ1) is 13.9. The number of rotatable bonds is 4. The van der Waals surface area contributed by atoms with E-state index in [1.54, 1.807) is 7.11 Å². The van der Waals surface area contributed by atoms with E-state index < -0.39 is 0 Å². The molecule has 110 valence electrons.